The first-order chi connectivity index (χ1) is 9.90. The first-order valence-electron chi connectivity index (χ1n) is 6.05. The van der Waals surface area contributed by atoms with Crippen molar-refractivity contribution in [2.24, 2.45) is 5.73 Å². The van der Waals surface area contributed by atoms with Gasteiger partial charge in [0.25, 0.3) is 0 Å². The van der Waals surface area contributed by atoms with Gasteiger partial charge in [-0.3, -0.25) is 0 Å². The maximum absolute atomic E-state index is 14.1. The summed E-state index contributed by atoms with van der Waals surface area (Å²) >= 11 is 10.7. The number of rotatable bonds is 5. The van der Waals surface area contributed by atoms with Crippen LogP contribution >= 0.6 is 23.8 Å². The molecule has 0 fully saturated rings. The molecule has 0 saturated heterocycles. The van der Waals surface area contributed by atoms with Crippen LogP contribution < -0.4 is 10.5 Å². The number of hydrogen-bond acceptors (Lipinski definition) is 2. The quantitative estimate of drug-likeness (QED) is 0.838. The number of thiocarbonyl (C=S) groups is 1. The zero-order chi connectivity index (χ0) is 15.5. The molecule has 0 amide bonds. The molecule has 110 valence electrons. The molecule has 2 nitrogen and oxygen atoms in total. The lowest BCUT2D eigenvalue weighted by atomic mass is 10.1. The summed E-state index contributed by atoms with van der Waals surface area (Å²) in [4.78, 5) is 0.0599. The van der Waals surface area contributed by atoms with Gasteiger partial charge in [-0.25, -0.2) is 0 Å². The van der Waals surface area contributed by atoms with Gasteiger partial charge in [-0.15, -0.1) is 0 Å². The van der Waals surface area contributed by atoms with Gasteiger partial charge >= 0.3 is 5.92 Å². The average molecular weight is 328 g/mol. The van der Waals surface area contributed by atoms with Gasteiger partial charge in [0, 0.05) is 10.6 Å². The van der Waals surface area contributed by atoms with Crippen LogP contribution in [-0.2, 0) is 5.92 Å². The molecule has 0 aliphatic heterocycles. The van der Waals surface area contributed by atoms with Crippen LogP contribution in [0.25, 0.3) is 0 Å². The van der Waals surface area contributed by atoms with Gasteiger partial charge in [0.15, 0.2) is 6.61 Å². The van der Waals surface area contributed by atoms with Gasteiger partial charge in [-0.1, -0.05) is 54.2 Å². The molecule has 0 saturated carbocycles. The van der Waals surface area contributed by atoms with Gasteiger partial charge in [-0.05, 0) is 18.2 Å². The molecule has 0 unspecified atom stereocenters. The molecular weight excluding hydrogens is 316 g/mol. The number of hydrogen-bond donors (Lipinski definition) is 1. The Morgan fingerprint density at radius 3 is 2.48 bits per heavy atom. The monoisotopic (exact) mass is 327 g/mol. The highest BCUT2D eigenvalue weighted by Crippen LogP contribution is 2.30. The van der Waals surface area contributed by atoms with Crippen molar-refractivity contribution in [2.45, 2.75) is 5.92 Å². The molecule has 2 aromatic rings. The number of alkyl halides is 2. The van der Waals surface area contributed by atoms with E-state index in [0.29, 0.717) is 10.6 Å². The van der Waals surface area contributed by atoms with Crippen LogP contribution in [0, 0.1) is 0 Å². The smallest absolute Gasteiger partial charge is 0.306 e. The van der Waals surface area contributed by atoms with E-state index < -0.39 is 12.5 Å². The summed E-state index contributed by atoms with van der Waals surface area (Å²) in [6, 6.07) is 12.0. The fraction of sp³-hybridized carbons (Fsp3) is 0.133. The molecule has 2 N–H and O–H groups in total. The largest absolute Gasteiger partial charge is 0.486 e. The molecule has 0 aliphatic carbocycles. The third-order valence-electron chi connectivity index (χ3n) is 2.81. The van der Waals surface area contributed by atoms with Crippen LogP contribution in [-0.4, -0.2) is 11.6 Å². The summed E-state index contributed by atoms with van der Waals surface area (Å²) in [6.45, 7) is -0.826. The van der Waals surface area contributed by atoms with Crippen LogP contribution in [0.2, 0.25) is 5.02 Å². The third-order valence-corrected chi connectivity index (χ3v) is 3.27. The molecule has 0 heterocycles. The number of benzene rings is 2. The van der Waals surface area contributed by atoms with Crippen LogP contribution in [0.3, 0.4) is 0 Å². The topological polar surface area (TPSA) is 35.2 Å². The second-order valence-corrected chi connectivity index (χ2v) is 5.24. The van der Waals surface area contributed by atoms with E-state index in [2.05, 4.69) is 0 Å². The predicted molar refractivity (Wildman–Crippen MR) is 83.2 cm³/mol. The van der Waals surface area contributed by atoms with Crippen molar-refractivity contribution in [3.63, 3.8) is 0 Å². The van der Waals surface area contributed by atoms with E-state index in [-0.39, 0.29) is 16.3 Å². The first kappa shape index (κ1) is 15.7. The highest BCUT2D eigenvalue weighted by molar-refractivity contribution is 7.80. The summed E-state index contributed by atoms with van der Waals surface area (Å²) in [7, 11) is 0. The highest BCUT2D eigenvalue weighted by Gasteiger charge is 2.32. The van der Waals surface area contributed by atoms with Crippen LogP contribution in [0.5, 0.6) is 5.75 Å². The van der Waals surface area contributed by atoms with Gasteiger partial charge in [0.05, 0.1) is 5.56 Å². The molecule has 0 atom stereocenters. The Morgan fingerprint density at radius 1 is 1.19 bits per heavy atom. The van der Waals surface area contributed by atoms with Crippen molar-refractivity contribution in [3.8, 4) is 5.75 Å². The standard InChI is InChI=1S/C15H12ClF2NOS/c16-11-6-7-12(14(19)21)13(8-11)20-9-15(17,18)10-4-2-1-3-5-10/h1-8H,9H2,(H2,19,21). The zero-order valence-electron chi connectivity index (χ0n) is 10.9. The van der Waals surface area contributed by atoms with Crippen LogP contribution in [0.15, 0.2) is 48.5 Å². The van der Waals surface area contributed by atoms with Crippen molar-refractivity contribution in [3.05, 3.63) is 64.7 Å². The van der Waals surface area contributed by atoms with Crippen molar-refractivity contribution in [2.75, 3.05) is 6.61 Å². The third kappa shape index (κ3) is 3.89. The van der Waals surface area contributed by atoms with Gasteiger partial charge in [-0.2, -0.15) is 8.78 Å². The minimum Gasteiger partial charge on any atom is -0.486 e. The SMILES string of the molecule is NC(=S)c1ccc(Cl)cc1OCC(F)(F)c1ccccc1. The Kier molecular flexibility index (Phi) is 4.75. The minimum atomic E-state index is -3.13. The lowest BCUT2D eigenvalue weighted by Crippen LogP contribution is -2.24. The fourth-order valence-corrected chi connectivity index (χ4v) is 2.08. The van der Waals surface area contributed by atoms with E-state index >= 15 is 0 Å². The fourth-order valence-electron chi connectivity index (χ4n) is 1.75. The molecule has 0 radical (unpaired) electrons. The lowest BCUT2D eigenvalue weighted by molar-refractivity contribution is -0.0467. The lowest BCUT2D eigenvalue weighted by Gasteiger charge is -2.19. The molecular formula is C15H12ClF2NOS. The number of nitrogens with two attached hydrogens (primary N) is 1. The highest BCUT2D eigenvalue weighted by atomic mass is 35.5. The molecule has 0 spiro atoms. The van der Waals surface area contributed by atoms with Crippen LogP contribution in [0.4, 0.5) is 8.78 Å². The molecule has 0 bridgehead atoms. The van der Waals surface area contributed by atoms with Crippen molar-refractivity contribution in [1.82, 2.24) is 0 Å². The summed E-state index contributed by atoms with van der Waals surface area (Å²) in [5.74, 6) is -2.98. The second kappa shape index (κ2) is 6.37. The van der Waals surface area contributed by atoms with Crippen molar-refractivity contribution < 1.29 is 13.5 Å². The number of halogens is 3. The van der Waals surface area contributed by atoms with E-state index in [9.17, 15) is 8.78 Å². The Morgan fingerprint density at radius 2 is 1.86 bits per heavy atom. The maximum Gasteiger partial charge on any atom is 0.306 e. The Hall–Kier alpha value is -1.72. The number of ether oxygens (including phenoxy) is 1. The summed E-state index contributed by atoms with van der Waals surface area (Å²) in [5.41, 5.74) is 5.79. The molecule has 2 rings (SSSR count). The van der Waals surface area contributed by atoms with Crippen molar-refractivity contribution >= 4 is 28.8 Å². The van der Waals surface area contributed by atoms with Crippen molar-refractivity contribution in [1.29, 1.82) is 0 Å². The van der Waals surface area contributed by atoms with E-state index in [0.717, 1.165) is 0 Å². The molecule has 2 aromatic carbocycles. The molecule has 0 aliphatic rings. The van der Waals surface area contributed by atoms with Crippen LogP contribution in [0.1, 0.15) is 11.1 Å². The van der Waals surface area contributed by atoms with E-state index in [1.807, 2.05) is 0 Å². The summed E-state index contributed by atoms with van der Waals surface area (Å²) < 4.78 is 33.3. The Bertz CT molecular complexity index is 649. The minimum absolute atomic E-state index is 0.0599. The Labute approximate surface area is 131 Å². The normalized spacial score (nSPS) is 11.2. The summed E-state index contributed by atoms with van der Waals surface area (Å²) in [6.07, 6.45) is 0. The summed E-state index contributed by atoms with van der Waals surface area (Å²) in [5, 5.41) is 0.355. The van der Waals surface area contributed by atoms with Gasteiger partial charge in [0.2, 0.25) is 0 Å². The van der Waals surface area contributed by atoms with Gasteiger partial charge < -0.3 is 10.5 Å². The molecule has 21 heavy (non-hydrogen) atoms. The van der Waals surface area contributed by atoms with E-state index in [4.69, 9.17) is 34.3 Å². The average Bonchev–Trinajstić information content (AvgIpc) is 2.46. The second-order valence-electron chi connectivity index (χ2n) is 4.36. The van der Waals surface area contributed by atoms with E-state index in [1.54, 1.807) is 30.3 Å². The van der Waals surface area contributed by atoms with Gasteiger partial charge in [0.1, 0.15) is 10.7 Å². The Balaban J connectivity index is 2.20. The molecule has 0 aromatic heterocycles. The first-order valence-corrected chi connectivity index (χ1v) is 6.84. The maximum atomic E-state index is 14.1. The molecule has 6 heteroatoms. The van der Waals surface area contributed by atoms with E-state index in [1.165, 1.54) is 18.2 Å². The predicted octanol–water partition coefficient (Wildman–Crippen LogP) is 4.15. The zero-order valence-corrected chi connectivity index (χ0v) is 12.4.